The lowest BCUT2D eigenvalue weighted by atomic mass is 10.1. The second kappa shape index (κ2) is 6.33. The van der Waals surface area contributed by atoms with Crippen molar-refractivity contribution in [2.45, 2.75) is 6.54 Å². The molecule has 0 spiro atoms. The van der Waals surface area contributed by atoms with E-state index in [1.165, 1.54) is 0 Å². The van der Waals surface area contributed by atoms with Crippen LogP contribution < -0.4 is 5.32 Å². The molecule has 2 aromatic carbocycles. The van der Waals surface area contributed by atoms with Gasteiger partial charge in [-0.3, -0.25) is 4.79 Å². The number of amides is 1. The zero-order chi connectivity index (χ0) is 14.7. The van der Waals surface area contributed by atoms with Gasteiger partial charge in [0, 0.05) is 16.0 Å². The Hall–Kier alpha value is -1.46. The Bertz CT molecular complexity index is 640. The van der Waals surface area contributed by atoms with Crippen LogP contribution in [0.25, 0.3) is 0 Å². The SMILES string of the molecule is O=C(NCc1cccc(Cl)c1)c1c(F)cc(Br)cc1F. The summed E-state index contributed by atoms with van der Waals surface area (Å²) in [7, 11) is 0. The minimum Gasteiger partial charge on any atom is -0.348 e. The highest BCUT2D eigenvalue weighted by molar-refractivity contribution is 9.10. The Morgan fingerprint density at radius 1 is 1.20 bits per heavy atom. The molecule has 104 valence electrons. The fraction of sp³-hybridized carbons (Fsp3) is 0.0714. The maximum Gasteiger partial charge on any atom is 0.257 e. The van der Waals surface area contributed by atoms with E-state index < -0.39 is 23.1 Å². The Morgan fingerprint density at radius 3 is 2.45 bits per heavy atom. The summed E-state index contributed by atoms with van der Waals surface area (Å²) in [6, 6.07) is 8.91. The van der Waals surface area contributed by atoms with Crippen LogP contribution in [0, 0.1) is 11.6 Å². The fourth-order valence-corrected chi connectivity index (χ4v) is 2.29. The number of rotatable bonds is 3. The molecule has 1 N–H and O–H groups in total. The summed E-state index contributed by atoms with van der Waals surface area (Å²) in [5.41, 5.74) is 0.138. The predicted octanol–water partition coefficient (Wildman–Crippen LogP) is 4.31. The minimum atomic E-state index is -0.916. The van der Waals surface area contributed by atoms with Crippen molar-refractivity contribution in [3.05, 3.63) is 68.7 Å². The Morgan fingerprint density at radius 2 is 1.85 bits per heavy atom. The molecule has 0 aliphatic heterocycles. The highest BCUT2D eigenvalue weighted by Crippen LogP contribution is 2.19. The van der Waals surface area contributed by atoms with Crippen LogP contribution in [0.15, 0.2) is 40.9 Å². The zero-order valence-corrected chi connectivity index (χ0v) is 12.4. The lowest BCUT2D eigenvalue weighted by molar-refractivity contribution is 0.0942. The van der Waals surface area contributed by atoms with Gasteiger partial charge in [-0.1, -0.05) is 39.7 Å². The quantitative estimate of drug-likeness (QED) is 0.868. The van der Waals surface area contributed by atoms with Crippen molar-refractivity contribution in [1.29, 1.82) is 0 Å². The van der Waals surface area contributed by atoms with Gasteiger partial charge in [0.1, 0.15) is 17.2 Å². The summed E-state index contributed by atoms with van der Waals surface area (Å²) in [4.78, 5) is 11.8. The first-order chi connectivity index (χ1) is 9.47. The molecule has 0 aromatic heterocycles. The summed E-state index contributed by atoms with van der Waals surface area (Å²) in [5, 5.41) is 2.98. The second-order valence-electron chi connectivity index (χ2n) is 4.06. The summed E-state index contributed by atoms with van der Waals surface area (Å²) in [5.74, 6) is -2.64. The van der Waals surface area contributed by atoms with Gasteiger partial charge in [0.25, 0.3) is 5.91 Å². The molecule has 0 aliphatic rings. The molecule has 0 aliphatic carbocycles. The van der Waals surface area contributed by atoms with Crippen LogP contribution >= 0.6 is 27.5 Å². The van der Waals surface area contributed by atoms with Crippen molar-refractivity contribution in [2.24, 2.45) is 0 Å². The zero-order valence-electron chi connectivity index (χ0n) is 10.1. The van der Waals surface area contributed by atoms with Crippen molar-refractivity contribution in [1.82, 2.24) is 5.32 Å². The van der Waals surface area contributed by atoms with Gasteiger partial charge in [0.15, 0.2) is 0 Å². The van der Waals surface area contributed by atoms with Crippen LogP contribution in [-0.2, 0) is 6.54 Å². The molecule has 0 radical (unpaired) electrons. The molecule has 2 nitrogen and oxygen atoms in total. The largest absolute Gasteiger partial charge is 0.348 e. The summed E-state index contributed by atoms with van der Waals surface area (Å²) < 4.78 is 27.4. The first-order valence-electron chi connectivity index (χ1n) is 5.64. The van der Waals surface area contributed by atoms with E-state index in [0.717, 1.165) is 17.7 Å². The Balaban J connectivity index is 2.13. The third-order valence-corrected chi connectivity index (χ3v) is 3.27. The molecule has 0 saturated carbocycles. The molecule has 2 aromatic rings. The second-order valence-corrected chi connectivity index (χ2v) is 5.41. The highest BCUT2D eigenvalue weighted by Gasteiger charge is 2.18. The van der Waals surface area contributed by atoms with Crippen molar-refractivity contribution in [3.63, 3.8) is 0 Å². The van der Waals surface area contributed by atoms with Crippen LogP contribution in [0.4, 0.5) is 8.78 Å². The number of benzene rings is 2. The standard InChI is InChI=1S/C14H9BrClF2NO/c15-9-5-11(17)13(12(18)6-9)14(20)19-7-8-2-1-3-10(16)4-8/h1-6H,7H2,(H,19,20). The number of nitrogens with one attached hydrogen (secondary N) is 1. The van der Waals surface area contributed by atoms with Crippen molar-refractivity contribution in [2.75, 3.05) is 0 Å². The molecule has 1 amide bonds. The third-order valence-electron chi connectivity index (χ3n) is 2.58. The molecule has 0 unspecified atom stereocenters. The maximum atomic E-state index is 13.6. The summed E-state index contributed by atoms with van der Waals surface area (Å²) >= 11 is 8.76. The van der Waals surface area contributed by atoms with Crippen LogP contribution in [0.2, 0.25) is 5.02 Å². The number of halogens is 4. The van der Waals surface area contributed by atoms with E-state index in [1.54, 1.807) is 24.3 Å². The third kappa shape index (κ3) is 3.55. The molecule has 0 heterocycles. The van der Waals surface area contributed by atoms with E-state index >= 15 is 0 Å². The molecule has 6 heteroatoms. The van der Waals surface area contributed by atoms with E-state index in [9.17, 15) is 13.6 Å². The van der Waals surface area contributed by atoms with Gasteiger partial charge < -0.3 is 5.32 Å². The van der Waals surface area contributed by atoms with Crippen molar-refractivity contribution >= 4 is 33.4 Å². The number of hydrogen-bond donors (Lipinski definition) is 1. The fourth-order valence-electron chi connectivity index (χ4n) is 1.68. The lowest BCUT2D eigenvalue weighted by Gasteiger charge is -2.08. The molecule has 0 fully saturated rings. The van der Waals surface area contributed by atoms with E-state index in [-0.39, 0.29) is 11.0 Å². The van der Waals surface area contributed by atoms with Gasteiger partial charge in [-0.2, -0.15) is 0 Å². The molecular formula is C14H9BrClF2NO. The van der Waals surface area contributed by atoms with Crippen molar-refractivity contribution < 1.29 is 13.6 Å². The summed E-state index contributed by atoms with van der Waals surface area (Å²) in [6.07, 6.45) is 0. The molecule has 0 bridgehead atoms. The van der Waals surface area contributed by atoms with E-state index in [4.69, 9.17) is 11.6 Å². The van der Waals surface area contributed by atoms with Gasteiger partial charge in [0.2, 0.25) is 0 Å². The number of hydrogen-bond acceptors (Lipinski definition) is 1. The molecular weight excluding hydrogens is 352 g/mol. The molecule has 20 heavy (non-hydrogen) atoms. The monoisotopic (exact) mass is 359 g/mol. The normalized spacial score (nSPS) is 10.4. The Kier molecular flexibility index (Phi) is 4.73. The smallest absolute Gasteiger partial charge is 0.257 e. The van der Waals surface area contributed by atoms with E-state index in [1.807, 2.05) is 0 Å². The van der Waals surface area contributed by atoms with Gasteiger partial charge in [-0.15, -0.1) is 0 Å². The number of carbonyl (C=O) groups excluding carboxylic acids is 1. The Labute approximate surface area is 127 Å². The predicted molar refractivity (Wildman–Crippen MR) is 76.7 cm³/mol. The first kappa shape index (κ1) is 14.9. The topological polar surface area (TPSA) is 29.1 Å². The van der Waals surface area contributed by atoms with E-state index in [2.05, 4.69) is 21.2 Å². The average molecular weight is 361 g/mol. The first-order valence-corrected chi connectivity index (χ1v) is 6.81. The molecule has 2 rings (SSSR count). The van der Waals surface area contributed by atoms with Crippen molar-refractivity contribution in [3.8, 4) is 0 Å². The van der Waals surface area contributed by atoms with Crippen LogP contribution in [0.3, 0.4) is 0 Å². The van der Waals surface area contributed by atoms with Crippen LogP contribution in [0.5, 0.6) is 0 Å². The van der Waals surface area contributed by atoms with Crippen LogP contribution in [-0.4, -0.2) is 5.91 Å². The summed E-state index contributed by atoms with van der Waals surface area (Å²) in [6.45, 7) is 0.133. The van der Waals surface area contributed by atoms with Gasteiger partial charge in [0.05, 0.1) is 0 Å². The maximum absolute atomic E-state index is 13.6. The number of carbonyl (C=O) groups is 1. The average Bonchev–Trinajstić information content (AvgIpc) is 2.35. The van der Waals surface area contributed by atoms with Gasteiger partial charge in [-0.05, 0) is 29.8 Å². The molecule has 0 atom stereocenters. The van der Waals surface area contributed by atoms with Gasteiger partial charge >= 0.3 is 0 Å². The highest BCUT2D eigenvalue weighted by atomic mass is 79.9. The molecule has 0 saturated heterocycles. The van der Waals surface area contributed by atoms with Crippen LogP contribution in [0.1, 0.15) is 15.9 Å². The minimum absolute atomic E-state index is 0.133. The van der Waals surface area contributed by atoms with Gasteiger partial charge in [-0.25, -0.2) is 8.78 Å². The lowest BCUT2D eigenvalue weighted by Crippen LogP contribution is -2.25. The van der Waals surface area contributed by atoms with E-state index in [0.29, 0.717) is 5.02 Å².